The topological polar surface area (TPSA) is 26.3 Å². The Balaban J connectivity index is 2.69. The first kappa shape index (κ1) is 14.5. The van der Waals surface area contributed by atoms with Crippen LogP contribution in [0.2, 0.25) is 0 Å². The summed E-state index contributed by atoms with van der Waals surface area (Å²) in [6.45, 7) is 10.7. The van der Waals surface area contributed by atoms with Gasteiger partial charge in [-0.2, -0.15) is 0 Å². The van der Waals surface area contributed by atoms with Crippen molar-refractivity contribution >= 4 is 5.97 Å². The summed E-state index contributed by atoms with van der Waals surface area (Å²) in [5.74, 6) is 0.486. The van der Waals surface area contributed by atoms with Gasteiger partial charge in [-0.25, -0.2) is 0 Å². The third kappa shape index (κ3) is 3.72. The lowest BCUT2D eigenvalue weighted by molar-refractivity contribution is -0.160. The number of carbonyl (C=O) groups excluding carboxylic acids is 1. The zero-order chi connectivity index (χ0) is 13.1. The Kier molecular flexibility index (Phi) is 5.03. The van der Waals surface area contributed by atoms with Crippen LogP contribution >= 0.6 is 0 Å². The average Bonchev–Trinajstić information content (AvgIpc) is 2.29. The molecule has 2 heteroatoms. The van der Waals surface area contributed by atoms with Crippen LogP contribution in [-0.2, 0) is 9.53 Å². The van der Waals surface area contributed by atoms with Crippen LogP contribution in [-0.4, -0.2) is 12.1 Å². The summed E-state index contributed by atoms with van der Waals surface area (Å²) in [5.41, 5.74) is 0.280. The van der Waals surface area contributed by atoms with Crippen LogP contribution in [0.5, 0.6) is 0 Å². The summed E-state index contributed by atoms with van der Waals surface area (Å²) in [4.78, 5) is 11.7. The maximum atomic E-state index is 11.7. The lowest BCUT2D eigenvalue weighted by Crippen LogP contribution is -2.39. The second kappa shape index (κ2) is 5.88. The molecule has 0 radical (unpaired) electrons. The van der Waals surface area contributed by atoms with E-state index in [-0.39, 0.29) is 23.4 Å². The molecule has 1 rings (SSSR count). The first-order valence-electron chi connectivity index (χ1n) is 7.09. The summed E-state index contributed by atoms with van der Waals surface area (Å²) < 4.78 is 5.71. The molecule has 100 valence electrons. The van der Waals surface area contributed by atoms with E-state index in [4.69, 9.17) is 4.74 Å². The molecule has 2 nitrogen and oxygen atoms in total. The molecule has 17 heavy (non-hydrogen) atoms. The van der Waals surface area contributed by atoms with Crippen LogP contribution in [0.25, 0.3) is 0 Å². The van der Waals surface area contributed by atoms with Crippen LogP contribution in [0.1, 0.15) is 66.7 Å². The fourth-order valence-corrected chi connectivity index (χ4v) is 2.68. The summed E-state index contributed by atoms with van der Waals surface area (Å²) in [6, 6.07) is 0. The molecule has 0 amide bonds. The maximum Gasteiger partial charge on any atom is 0.308 e. The molecule has 0 aromatic carbocycles. The number of hydrogen-bond acceptors (Lipinski definition) is 2. The van der Waals surface area contributed by atoms with Crippen LogP contribution in [0, 0.1) is 17.3 Å². The minimum absolute atomic E-state index is 0.0117. The summed E-state index contributed by atoms with van der Waals surface area (Å²) in [6.07, 6.45) is 6.03. The van der Waals surface area contributed by atoms with Crippen molar-refractivity contribution in [1.29, 1.82) is 0 Å². The van der Waals surface area contributed by atoms with Crippen LogP contribution < -0.4 is 0 Å². The van der Waals surface area contributed by atoms with E-state index in [0.717, 1.165) is 12.8 Å². The number of ether oxygens (including phenoxy) is 1. The van der Waals surface area contributed by atoms with Crippen molar-refractivity contribution in [3.05, 3.63) is 0 Å². The van der Waals surface area contributed by atoms with Crippen molar-refractivity contribution in [3.8, 4) is 0 Å². The van der Waals surface area contributed by atoms with Crippen molar-refractivity contribution in [2.45, 2.75) is 72.8 Å². The number of esters is 1. The van der Waals surface area contributed by atoms with E-state index in [1.54, 1.807) is 0 Å². The predicted molar refractivity (Wildman–Crippen MR) is 70.7 cm³/mol. The predicted octanol–water partition coefficient (Wildman–Crippen LogP) is 4.18. The molecule has 1 aliphatic carbocycles. The lowest BCUT2D eigenvalue weighted by atomic mass is 9.68. The van der Waals surface area contributed by atoms with Gasteiger partial charge in [0.25, 0.3) is 0 Å². The first-order valence-corrected chi connectivity index (χ1v) is 7.09. The Morgan fingerprint density at radius 2 is 1.88 bits per heavy atom. The van der Waals surface area contributed by atoms with Gasteiger partial charge >= 0.3 is 5.97 Å². The minimum atomic E-state index is -0.0335. The molecule has 0 saturated heterocycles. The van der Waals surface area contributed by atoms with Gasteiger partial charge in [0.1, 0.15) is 6.10 Å². The minimum Gasteiger partial charge on any atom is -0.462 e. The van der Waals surface area contributed by atoms with E-state index in [2.05, 4.69) is 20.8 Å². The molecule has 1 aliphatic rings. The second-order valence-corrected chi connectivity index (χ2v) is 6.36. The Labute approximate surface area is 106 Å². The molecule has 0 spiro atoms. The average molecular weight is 240 g/mol. The fraction of sp³-hybridized carbons (Fsp3) is 0.933. The van der Waals surface area contributed by atoms with Crippen LogP contribution in [0.4, 0.5) is 0 Å². The SMILES string of the molecule is CCC(C)(C)C1CCCCC1OC(=O)C(C)C. The van der Waals surface area contributed by atoms with Crippen LogP contribution in [0.3, 0.4) is 0 Å². The van der Waals surface area contributed by atoms with Gasteiger partial charge in [-0.3, -0.25) is 4.79 Å². The highest BCUT2D eigenvalue weighted by Crippen LogP contribution is 2.42. The standard InChI is InChI=1S/C15H28O2/c1-6-15(4,5)12-9-7-8-10-13(12)17-14(16)11(2)3/h11-13H,6-10H2,1-5H3. The Morgan fingerprint density at radius 3 is 2.41 bits per heavy atom. The highest BCUT2D eigenvalue weighted by Gasteiger charge is 2.38. The highest BCUT2D eigenvalue weighted by atomic mass is 16.5. The molecule has 2 unspecified atom stereocenters. The molecule has 0 aromatic rings. The van der Waals surface area contributed by atoms with Crippen molar-refractivity contribution in [1.82, 2.24) is 0 Å². The molecule has 0 aliphatic heterocycles. The van der Waals surface area contributed by atoms with Crippen molar-refractivity contribution in [3.63, 3.8) is 0 Å². The number of carbonyl (C=O) groups is 1. The summed E-state index contributed by atoms with van der Waals surface area (Å²) >= 11 is 0. The van der Waals surface area contributed by atoms with Gasteiger partial charge in [0.15, 0.2) is 0 Å². The van der Waals surface area contributed by atoms with Crippen LogP contribution in [0.15, 0.2) is 0 Å². The van der Waals surface area contributed by atoms with Gasteiger partial charge in [-0.15, -0.1) is 0 Å². The highest BCUT2D eigenvalue weighted by molar-refractivity contribution is 5.71. The maximum absolute atomic E-state index is 11.7. The Bertz CT molecular complexity index is 256. The molecule has 0 N–H and O–H groups in total. The number of hydrogen-bond donors (Lipinski definition) is 0. The molecule has 0 heterocycles. The lowest BCUT2D eigenvalue weighted by Gasteiger charge is -2.41. The van der Waals surface area contributed by atoms with Crippen molar-refractivity contribution in [2.75, 3.05) is 0 Å². The smallest absolute Gasteiger partial charge is 0.308 e. The zero-order valence-electron chi connectivity index (χ0n) is 12.1. The van der Waals surface area contributed by atoms with E-state index >= 15 is 0 Å². The van der Waals surface area contributed by atoms with Crippen molar-refractivity contribution < 1.29 is 9.53 Å². The van der Waals surface area contributed by atoms with E-state index in [9.17, 15) is 4.79 Å². The number of rotatable bonds is 4. The zero-order valence-corrected chi connectivity index (χ0v) is 12.1. The van der Waals surface area contributed by atoms with Gasteiger partial charge in [0.2, 0.25) is 0 Å². The molecule has 0 aromatic heterocycles. The van der Waals surface area contributed by atoms with E-state index in [1.165, 1.54) is 19.3 Å². The van der Waals surface area contributed by atoms with E-state index in [0.29, 0.717) is 5.92 Å². The molecule has 0 bridgehead atoms. The third-order valence-electron chi connectivity index (χ3n) is 4.36. The largest absolute Gasteiger partial charge is 0.462 e. The molecule has 1 saturated carbocycles. The van der Waals surface area contributed by atoms with Gasteiger partial charge in [0.05, 0.1) is 5.92 Å². The Hall–Kier alpha value is -0.530. The normalized spacial score (nSPS) is 26.0. The second-order valence-electron chi connectivity index (χ2n) is 6.36. The molecule has 2 atom stereocenters. The summed E-state index contributed by atoms with van der Waals surface area (Å²) in [5, 5.41) is 0. The van der Waals surface area contributed by atoms with Gasteiger partial charge < -0.3 is 4.74 Å². The van der Waals surface area contributed by atoms with Gasteiger partial charge in [-0.1, -0.05) is 47.5 Å². The van der Waals surface area contributed by atoms with E-state index in [1.807, 2.05) is 13.8 Å². The van der Waals surface area contributed by atoms with Crippen molar-refractivity contribution in [2.24, 2.45) is 17.3 Å². The molecular formula is C15H28O2. The molecule has 1 fully saturated rings. The van der Waals surface area contributed by atoms with E-state index < -0.39 is 0 Å². The fourth-order valence-electron chi connectivity index (χ4n) is 2.68. The monoisotopic (exact) mass is 240 g/mol. The molecular weight excluding hydrogens is 212 g/mol. The summed E-state index contributed by atoms with van der Waals surface area (Å²) in [7, 11) is 0. The quantitative estimate of drug-likeness (QED) is 0.689. The third-order valence-corrected chi connectivity index (χ3v) is 4.36. The first-order chi connectivity index (χ1) is 7.88. The van der Waals surface area contributed by atoms with Gasteiger partial charge in [-0.05, 0) is 24.7 Å². The Morgan fingerprint density at radius 1 is 1.29 bits per heavy atom. The van der Waals surface area contributed by atoms with Gasteiger partial charge in [0, 0.05) is 5.92 Å².